The molecule has 34 heavy (non-hydrogen) atoms. The largest absolute Gasteiger partial charge is 0.256 e. The van der Waals surface area contributed by atoms with Gasteiger partial charge in [-0.05, 0) is 61.3 Å². The fraction of sp³-hybridized carbons (Fsp3) is 0.121. The number of pyridine rings is 1. The van der Waals surface area contributed by atoms with Crippen molar-refractivity contribution in [3.63, 3.8) is 0 Å². The summed E-state index contributed by atoms with van der Waals surface area (Å²) in [6.45, 7) is 6.78. The van der Waals surface area contributed by atoms with Gasteiger partial charge in [0.25, 0.3) is 0 Å². The SMILES string of the molecule is CC(C)(C)c1ccc(-c2c3ccccc3c(-c3ccc4ccccc4c3)c3ncccc23)cc1. The third-order valence-corrected chi connectivity index (χ3v) is 6.86. The summed E-state index contributed by atoms with van der Waals surface area (Å²) in [4.78, 5) is 4.93. The zero-order valence-electron chi connectivity index (χ0n) is 19.8. The van der Waals surface area contributed by atoms with E-state index in [-0.39, 0.29) is 5.41 Å². The summed E-state index contributed by atoms with van der Waals surface area (Å²) in [7, 11) is 0. The number of nitrogens with zero attached hydrogens (tertiary/aromatic N) is 1. The van der Waals surface area contributed by atoms with Crippen molar-refractivity contribution in [2.75, 3.05) is 0 Å². The van der Waals surface area contributed by atoms with Crippen LogP contribution in [0.15, 0.2) is 109 Å². The molecule has 1 nitrogen and oxygen atoms in total. The molecule has 0 fully saturated rings. The highest BCUT2D eigenvalue weighted by Crippen LogP contribution is 2.43. The first kappa shape index (κ1) is 20.6. The highest BCUT2D eigenvalue weighted by Gasteiger charge is 2.18. The van der Waals surface area contributed by atoms with Crippen LogP contribution in [-0.2, 0) is 5.41 Å². The molecule has 0 unspecified atom stereocenters. The van der Waals surface area contributed by atoms with E-state index in [4.69, 9.17) is 4.98 Å². The van der Waals surface area contributed by atoms with E-state index in [1.807, 2.05) is 12.3 Å². The van der Waals surface area contributed by atoms with E-state index in [0.717, 1.165) is 5.52 Å². The van der Waals surface area contributed by atoms with Gasteiger partial charge in [-0.15, -0.1) is 0 Å². The summed E-state index contributed by atoms with van der Waals surface area (Å²) < 4.78 is 0. The fourth-order valence-corrected chi connectivity index (χ4v) is 5.08. The number of hydrogen-bond acceptors (Lipinski definition) is 1. The Hall–Kier alpha value is -3.97. The molecule has 0 amide bonds. The molecule has 0 saturated carbocycles. The van der Waals surface area contributed by atoms with Crippen molar-refractivity contribution >= 4 is 32.4 Å². The van der Waals surface area contributed by atoms with E-state index < -0.39 is 0 Å². The molecule has 0 saturated heterocycles. The van der Waals surface area contributed by atoms with Crippen LogP contribution >= 0.6 is 0 Å². The predicted molar refractivity (Wildman–Crippen MR) is 146 cm³/mol. The minimum atomic E-state index is 0.129. The lowest BCUT2D eigenvalue weighted by Gasteiger charge is -2.20. The smallest absolute Gasteiger partial charge is 0.0792 e. The molecule has 6 aromatic rings. The Morgan fingerprint density at radius 2 is 1.15 bits per heavy atom. The number of rotatable bonds is 2. The highest BCUT2D eigenvalue weighted by atomic mass is 14.7. The number of fused-ring (bicyclic) bond motifs is 3. The molecule has 5 aromatic carbocycles. The Labute approximate surface area is 200 Å². The number of aromatic nitrogens is 1. The molecule has 0 spiro atoms. The summed E-state index contributed by atoms with van der Waals surface area (Å²) in [6.07, 6.45) is 1.91. The van der Waals surface area contributed by atoms with Crippen LogP contribution in [0.2, 0.25) is 0 Å². The summed E-state index contributed by atoms with van der Waals surface area (Å²) >= 11 is 0. The van der Waals surface area contributed by atoms with Crippen molar-refractivity contribution in [2.24, 2.45) is 0 Å². The van der Waals surface area contributed by atoms with Gasteiger partial charge in [-0.1, -0.05) is 112 Å². The van der Waals surface area contributed by atoms with E-state index in [9.17, 15) is 0 Å². The van der Waals surface area contributed by atoms with Gasteiger partial charge >= 0.3 is 0 Å². The molecule has 0 N–H and O–H groups in total. The standard InChI is InChI=1S/C33H27N/c1-33(2,3)26-18-16-23(17-19-26)30-27-11-6-7-12-28(27)31(32-29(30)13-8-20-34-32)25-15-14-22-9-4-5-10-24(22)21-25/h4-21H,1-3H3. The van der Waals surface area contributed by atoms with Gasteiger partial charge in [-0.3, -0.25) is 4.98 Å². The molecule has 0 radical (unpaired) electrons. The monoisotopic (exact) mass is 437 g/mol. The summed E-state index contributed by atoms with van der Waals surface area (Å²) in [5, 5.41) is 6.18. The summed E-state index contributed by atoms with van der Waals surface area (Å²) in [6, 6.07) is 37.4. The van der Waals surface area contributed by atoms with Gasteiger partial charge in [-0.2, -0.15) is 0 Å². The van der Waals surface area contributed by atoms with Crippen LogP contribution in [0.3, 0.4) is 0 Å². The second-order valence-electron chi connectivity index (χ2n) is 10.1. The Morgan fingerprint density at radius 3 is 1.88 bits per heavy atom. The maximum Gasteiger partial charge on any atom is 0.0792 e. The summed E-state index contributed by atoms with van der Waals surface area (Å²) in [5.74, 6) is 0. The minimum Gasteiger partial charge on any atom is -0.256 e. The van der Waals surface area contributed by atoms with E-state index in [1.54, 1.807) is 0 Å². The third-order valence-electron chi connectivity index (χ3n) is 6.86. The molecule has 164 valence electrons. The zero-order valence-corrected chi connectivity index (χ0v) is 19.8. The lowest BCUT2D eigenvalue weighted by molar-refractivity contribution is 0.590. The Kier molecular flexibility index (Phi) is 4.74. The van der Waals surface area contributed by atoms with E-state index in [1.165, 1.54) is 54.7 Å². The van der Waals surface area contributed by atoms with Gasteiger partial charge in [-0.25, -0.2) is 0 Å². The zero-order chi connectivity index (χ0) is 23.3. The molecule has 6 rings (SSSR count). The molecule has 1 heterocycles. The van der Waals surface area contributed by atoms with Crippen molar-refractivity contribution in [1.82, 2.24) is 4.98 Å². The van der Waals surface area contributed by atoms with Gasteiger partial charge < -0.3 is 0 Å². The molecule has 0 aliphatic rings. The molecular formula is C33H27N. The van der Waals surface area contributed by atoms with Crippen LogP contribution in [0.5, 0.6) is 0 Å². The average molecular weight is 438 g/mol. The van der Waals surface area contributed by atoms with Crippen LogP contribution < -0.4 is 0 Å². The molecular weight excluding hydrogens is 410 g/mol. The topological polar surface area (TPSA) is 12.9 Å². The maximum absolute atomic E-state index is 4.93. The van der Waals surface area contributed by atoms with Gasteiger partial charge in [0.05, 0.1) is 5.52 Å². The Balaban J connectivity index is 1.69. The van der Waals surface area contributed by atoms with Crippen LogP contribution in [-0.4, -0.2) is 4.98 Å². The molecule has 1 heteroatoms. The van der Waals surface area contributed by atoms with Gasteiger partial charge in [0.2, 0.25) is 0 Å². The van der Waals surface area contributed by atoms with Crippen LogP contribution in [0.25, 0.3) is 54.7 Å². The molecule has 1 aromatic heterocycles. The molecule has 0 atom stereocenters. The minimum absolute atomic E-state index is 0.129. The third kappa shape index (κ3) is 3.36. The van der Waals surface area contributed by atoms with Crippen molar-refractivity contribution in [1.29, 1.82) is 0 Å². The quantitative estimate of drug-likeness (QED) is 0.246. The van der Waals surface area contributed by atoms with E-state index in [0.29, 0.717) is 0 Å². The average Bonchev–Trinajstić information content (AvgIpc) is 2.86. The first-order chi connectivity index (χ1) is 16.5. The summed E-state index contributed by atoms with van der Waals surface area (Å²) in [5.41, 5.74) is 7.41. The molecule has 0 aliphatic heterocycles. The number of benzene rings is 5. The van der Waals surface area contributed by atoms with Crippen molar-refractivity contribution in [3.8, 4) is 22.3 Å². The number of hydrogen-bond donors (Lipinski definition) is 0. The second-order valence-corrected chi connectivity index (χ2v) is 10.1. The van der Waals surface area contributed by atoms with Gasteiger partial charge in [0.1, 0.15) is 0 Å². The maximum atomic E-state index is 4.93. The fourth-order valence-electron chi connectivity index (χ4n) is 5.08. The first-order valence-electron chi connectivity index (χ1n) is 11.9. The van der Waals surface area contributed by atoms with Crippen molar-refractivity contribution in [3.05, 3.63) is 115 Å². The van der Waals surface area contributed by atoms with Crippen LogP contribution in [0.4, 0.5) is 0 Å². The van der Waals surface area contributed by atoms with Crippen LogP contribution in [0, 0.1) is 0 Å². The Morgan fingerprint density at radius 1 is 0.529 bits per heavy atom. The van der Waals surface area contributed by atoms with Crippen molar-refractivity contribution in [2.45, 2.75) is 26.2 Å². The van der Waals surface area contributed by atoms with E-state index >= 15 is 0 Å². The predicted octanol–water partition coefficient (Wildman–Crippen LogP) is 9.17. The first-order valence-corrected chi connectivity index (χ1v) is 11.9. The van der Waals surface area contributed by atoms with E-state index in [2.05, 4.69) is 118 Å². The molecule has 0 bridgehead atoms. The molecule has 0 aliphatic carbocycles. The Bertz CT molecular complexity index is 1610. The normalized spacial score (nSPS) is 12.0. The van der Waals surface area contributed by atoms with Crippen molar-refractivity contribution < 1.29 is 0 Å². The van der Waals surface area contributed by atoms with Gasteiger partial charge in [0.15, 0.2) is 0 Å². The second kappa shape index (κ2) is 7.81. The van der Waals surface area contributed by atoms with Crippen LogP contribution in [0.1, 0.15) is 26.3 Å². The lowest BCUT2D eigenvalue weighted by atomic mass is 9.84. The lowest BCUT2D eigenvalue weighted by Crippen LogP contribution is -2.10. The van der Waals surface area contributed by atoms with Gasteiger partial charge in [0, 0.05) is 17.1 Å². The highest BCUT2D eigenvalue weighted by molar-refractivity contribution is 6.20.